The van der Waals surface area contributed by atoms with E-state index in [2.05, 4.69) is 13.0 Å². The number of rotatable bonds is 4. The quantitative estimate of drug-likeness (QED) is 0.772. The van der Waals surface area contributed by atoms with Crippen LogP contribution in [0.5, 0.6) is 0 Å². The molecule has 0 unspecified atom stereocenters. The number of carbonyl (C=O) groups excluding carboxylic acids is 1. The van der Waals surface area contributed by atoms with Crippen LogP contribution < -0.4 is 0 Å². The summed E-state index contributed by atoms with van der Waals surface area (Å²) in [5.41, 5.74) is 2.27. The van der Waals surface area contributed by atoms with Crippen molar-refractivity contribution in [2.24, 2.45) is 0 Å². The van der Waals surface area contributed by atoms with Gasteiger partial charge in [-0.2, -0.15) is 0 Å². The molecule has 0 radical (unpaired) electrons. The van der Waals surface area contributed by atoms with Crippen LogP contribution in [-0.2, 0) is 4.74 Å². The zero-order valence-electron chi connectivity index (χ0n) is 11.8. The van der Waals surface area contributed by atoms with Crippen molar-refractivity contribution < 1.29 is 9.53 Å². The van der Waals surface area contributed by atoms with Crippen molar-refractivity contribution >= 4 is 23.3 Å². The molecule has 0 saturated carbocycles. The van der Waals surface area contributed by atoms with E-state index in [-0.39, 0.29) is 6.09 Å². The van der Waals surface area contributed by atoms with Gasteiger partial charge in [0.15, 0.2) is 0 Å². The van der Waals surface area contributed by atoms with Crippen LogP contribution in [0.2, 0.25) is 5.02 Å². The van der Waals surface area contributed by atoms with Gasteiger partial charge in [-0.25, -0.2) is 4.79 Å². The number of hydrogen-bond donors (Lipinski definition) is 0. The SMILES string of the molecule is CCCCOC(=O)N1CC=C(c2ccccc2Cl)CC1. The summed E-state index contributed by atoms with van der Waals surface area (Å²) in [5.74, 6) is 0. The van der Waals surface area contributed by atoms with E-state index < -0.39 is 0 Å². The van der Waals surface area contributed by atoms with Crippen LogP contribution in [0.3, 0.4) is 0 Å². The lowest BCUT2D eigenvalue weighted by Crippen LogP contribution is -2.35. The van der Waals surface area contributed by atoms with Gasteiger partial charge in [-0.3, -0.25) is 0 Å². The summed E-state index contributed by atoms with van der Waals surface area (Å²) < 4.78 is 5.22. The number of unbranched alkanes of at least 4 members (excludes halogenated alkanes) is 1. The molecular weight excluding hydrogens is 274 g/mol. The van der Waals surface area contributed by atoms with Gasteiger partial charge in [-0.1, -0.05) is 49.2 Å². The maximum absolute atomic E-state index is 11.8. The van der Waals surface area contributed by atoms with Gasteiger partial charge in [0.2, 0.25) is 0 Å². The normalized spacial score (nSPS) is 14.9. The summed E-state index contributed by atoms with van der Waals surface area (Å²) in [6.45, 7) is 3.85. The van der Waals surface area contributed by atoms with E-state index in [1.165, 1.54) is 5.57 Å². The van der Waals surface area contributed by atoms with Gasteiger partial charge >= 0.3 is 6.09 Å². The smallest absolute Gasteiger partial charge is 0.410 e. The lowest BCUT2D eigenvalue weighted by atomic mass is 10.00. The first-order chi connectivity index (χ1) is 9.72. The van der Waals surface area contributed by atoms with Crippen LogP contribution in [0.15, 0.2) is 30.3 Å². The van der Waals surface area contributed by atoms with E-state index in [9.17, 15) is 4.79 Å². The number of nitrogens with zero attached hydrogens (tertiary/aromatic N) is 1. The van der Waals surface area contributed by atoms with Crippen LogP contribution in [0.25, 0.3) is 5.57 Å². The van der Waals surface area contributed by atoms with E-state index in [0.29, 0.717) is 19.7 Å². The molecule has 1 aliphatic rings. The summed E-state index contributed by atoms with van der Waals surface area (Å²) in [6.07, 6.45) is 4.61. The van der Waals surface area contributed by atoms with Crippen molar-refractivity contribution in [3.05, 3.63) is 40.9 Å². The second-order valence-corrected chi connectivity index (χ2v) is 5.28. The molecule has 1 heterocycles. The van der Waals surface area contributed by atoms with Crippen molar-refractivity contribution in [3.8, 4) is 0 Å². The Morgan fingerprint density at radius 2 is 2.20 bits per heavy atom. The Bertz CT molecular complexity index is 499. The van der Waals surface area contributed by atoms with E-state index in [1.54, 1.807) is 4.90 Å². The first-order valence-electron chi connectivity index (χ1n) is 7.08. The maximum Gasteiger partial charge on any atom is 0.410 e. The molecule has 20 heavy (non-hydrogen) atoms. The van der Waals surface area contributed by atoms with Gasteiger partial charge in [-0.05, 0) is 30.0 Å². The predicted octanol–water partition coefficient (Wildman–Crippen LogP) is 4.37. The average molecular weight is 294 g/mol. The van der Waals surface area contributed by atoms with E-state index in [0.717, 1.165) is 29.8 Å². The maximum atomic E-state index is 11.8. The predicted molar refractivity (Wildman–Crippen MR) is 81.9 cm³/mol. The number of ether oxygens (including phenoxy) is 1. The molecule has 1 aromatic rings. The third-order valence-electron chi connectivity index (χ3n) is 3.41. The summed E-state index contributed by atoms with van der Waals surface area (Å²) in [6, 6.07) is 7.81. The Morgan fingerprint density at radius 3 is 2.85 bits per heavy atom. The lowest BCUT2D eigenvalue weighted by Gasteiger charge is -2.26. The Hall–Kier alpha value is -1.48. The van der Waals surface area contributed by atoms with Crippen LogP contribution in [0.4, 0.5) is 4.79 Å². The number of carbonyl (C=O) groups is 1. The minimum Gasteiger partial charge on any atom is -0.449 e. The highest BCUT2D eigenvalue weighted by Crippen LogP contribution is 2.28. The summed E-state index contributed by atoms with van der Waals surface area (Å²) in [4.78, 5) is 13.6. The fourth-order valence-electron chi connectivity index (χ4n) is 2.20. The fourth-order valence-corrected chi connectivity index (χ4v) is 2.45. The lowest BCUT2D eigenvalue weighted by molar-refractivity contribution is 0.105. The molecule has 0 N–H and O–H groups in total. The number of benzene rings is 1. The molecule has 0 aromatic heterocycles. The van der Waals surface area contributed by atoms with Gasteiger partial charge in [-0.15, -0.1) is 0 Å². The van der Waals surface area contributed by atoms with Gasteiger partial charge in [0, 0.05) is 18.1 Å². The molecule has 108 valence electrons. The number of halogens is 1. The van der Waals surface area contributed by atoms with E-state index in [1.807, 2.05) is 24.3 Å². The molecule has 1 aromatic carbocycles. The van der Waals surface area contributed by atoms with E-state index >= 15 is 0 Å². The van der Waals surface area contributed by atoms with Crippen LogP contribution >= 0.6 is 11.6 Å². The molecular formula is C16H20ClNO2. The highest BCUT2D eigenvalue weighted by molar-refractivity contribution is 6.32. The average Bonchev–Trinajstić information content (AvgIpc) is 2.48. The molecule has 0 bridgehead atoms. The molecule has 1 amide bonds. The first-order valence-corrected chi connectivity index (χ1v) is 7.45. The van der Waals surface area contributed by atoms with Crippen molar-refractivity contribution in [1.29, 1.82) is 0 Å². The van der Waals surface area contributed by atoms with Crippen LogP contribution in [0.1, 0.15) is 31.7 Å². The minimum absolute atomic E-state index is 0.215. The molecule has 4 heteroatoms. The third-order valence-corrected chi connectivity index (χ3v) is 3.74. The highest BCUT2D eigenvalue weighted by atomic mass is 35.5. The molecule has 3 nitrogen and oxygen atoms in total. The molecule has 0 atom stereocenters. The van der Waals surface area contributed by atoms with Crippen molar-refractivity contribution in [3.63, 3.8) is 0 Å². The van der Waals surface area contributed by atoms with Crippen molar-refractivity contribution in [1.82, 2.24) is 4.90 Å². The minimum atomic E-state index is -0.215. The second kappa shape index (κ2) is 7.34. The third kappa shape index (κ3) is 3.76. The molecule has 2 rings (SSSR count). The number of hydrogen-bond acceptors (Lipinski definition) is 2. The van der Waals surface area contributed by atoms with E-state index in [4.69, 9.17) is 16.3 Å². The Kier molecular flexibility index (Phi) is 5.48. The molecule has 0 fully saturated rings. The Labute approximate surface area is 125 Å². The second-order valence-electron chi connectivity index (χ2n) is 4.87. The number of amides is 1. The highest BCUT2D eigenvalue weighted by Gasteiger charge is 2.19. The zero-order chi connectivity index (χ0) is 14.4. The van der Waals surface area contributed by atoms with Gasteiger partial charge in [0.05, 0.1) is 6.61 Å². The zero-order valence-corrected chi connectivity index (χ0v) is 12.5. The Morgan fingerprint density at radius 1 is 1.40 bits per heavy atom. The Balaban J connectivity index is 1.93. The van der Waals surface area contributed by atoms with Crippen LogP contribution in [0, 0.1) is 0 Å². The van der Waals surface area contributed by atoms with Gasteiger partial charge < -0.3 is 9.64 Å². The first kappa shape index (κ1) is 14.9. The van der Waals surface area contributed by atoms with Crippen LogP contribution in [-0.4, -0.2) is 30.7 Å². The van der Waals surface area contributed by atoms with Crippen molar-refractivity contribution in [2.45, 2.75) is 26.2 Å². The van der Waals surface area contributed by atoms with Gasteiger partial charge in [0.1, 0.15) is 0 Å². The summed E-state index contributed by atoms with van der Waals surface area (Å²) in [7, 11) is 0. The molecule has 1 aliphatic heterocycles. The molecule has 0 saturated heterocycles. The molecule has 0 spiro atoms. The topological polar surface area (TPSA) is 29.5 Å². The fraction of sp³-hybridized carbons (Fsp3) is 0.438. The van der Waals surface area contributed by atoms with Gasteiger partial charge in [0.25, 0.3) is 0 Å². The summed E-state index contributed by atoms with van der Waals surface area (Å²) >= 11 is 6.19. The largest absolute Gasteiger partial charge is 0.449 e. The standard InChI is InChI=1S/C16H20ClNO2/c1-2-3-12-20-16(19)18-10-8-13(9-11-18)14-6-4-5-7-15(14)17/h4-8H,2-3,9-12H2,1H3. The monoisotopic (exact) mass is 293 g/mol. The molecule has 0 aliphatic carbocycles. The van der Waals surface area contributed by atoms with Crippen molar-refractivity contribution in [2.75, 3.05) is 19.7 Å². The summed E-state index contributed by atoms with van der Waals surface area (Å²) in [5, 5.41) is 0.762.